The van der Waals surface area contributed by atoms with E-state index in [9.17, 15) is 4.79 Å². The lowest BCUT2D eigenvalue weighted by molar-refractivity contribution is 0.102. The molecule has 0 unspecified atom stereocenters. The average Bonchev–Trinajstić information content (AvgIpc) is 2.71. The van der Waals surface area contributed by atoms with Gasteiger partial charge in [0, 0.05) is 10.9 Å². The SMILES string of the molecule is Cc1ccc(-c2cc(C(=O)Nc3cc(Cl)c(Cl)cc3Cl)c3ccccc3n2)cc1. The Hall–Kier alpha value is -2.59. The Labute approximate surface area is 183 Å². The van der Waals surface area contributed by atoms with Crippen LogP contribution in [0.2, 0.25) is 15.1 Å². The van der Waals surface area contributed by atoms with Gasteiger partial charge in [-0.15, -0.1) is 0 Å². The zero-order valence-corrected chi connectivity index (χ0v) is 17.6. The molecule has 0 aliphatic heterocycles. The number of carbonyl (C=O) groups excluding carboxylic acids is 1. The third-order valence-corrected chi connectivity index (χ3v) is 5.60. The van der Waals surface area contributed by atoms with Crippen molar-refractivity contribution < 1.29 is 4.79 Å². The zero-order chi connectivity index (χ0) is 20.5. The van der Waals surface area contributed by atoms with Crippen molar-refractivity contribution in [1.29, 1.82) is 0 Å². The molecule has 1 aromatic heterocycles. The van der Waals surface area contributed by atoms with Gasteiger partial charge in [0.1, 0.15) is 0 Å². The van der Waals surface area contributed by atoms with Crippen molar-refractivity contribution >= 4 is 57.3 Å². The molecule has 0 bridgehead atoms. The number of hydrogen-bond acceptors (Lipinski definition) is 2. The lowest BCUT2D eigenvalue weighted by Crippen LogP contribution is -2.13. The molecule has 6 heteroatoms. The molecule has 144 valence electrons. The minimum Gasteiger partial charge on any atom is -0.321 e. The molecule has 4 rings (SSSR count). The summed E-state index contributed by atoms with van der Waals surface area (Å²) in [5.74, 6) is -0.308. The highest BCUT2D eigenvalue weighted by molar-refractivity contribution is 6.44. The molecule has 3 nitrogen and oxygen atoms in total. The zero-order valence-electron chi connectivity index (χ0n) is 15.3. The van der Waals surface area contributed by atoms with E-state index < -0.39 is 0 Å². The van der Waals surface area contributed by atoms with Crippen LogP contribution in [0.1, 0.15) is 15.9 Å². The molecule has 0 aliphatic carbocycles. The molecule has 0 atom stereocenters. The fourth-order valence-corrected chi connectivity index (χ4v) is 3.64. The number of benzene rings is 3. The van der Waals surface area contributed by atoms with Gasteiger partial charge < -0.3 is 5.32 Å². The maximum absolute atomic E-state index is 13.1. The number of amides is 1. The number of hydrogen-bond donors (Lipinski definition) is 1. The van der Waals surface area contributed by atoms with Crippen molar-refractivity contribution in [2.45, 2.75) is 6.92 Å². The van der Waals surface area contributed by atoms with Crippen LogP contribution in [0, 0.1) is 6.92 Å². The Morgan fingerprint density at radius 3 is 2.31 bits per heavy atom. The summed E-state index contributed by atoms with van der Waals surface area (Å²) >= 11 is 18.3. The van der Waals surface area contributed by atoms with E-state index in [0.29, 0.717) is 32.0 Å². The number of aryl methyl sites for hydroxylation is 1. The maximum atomic E-state index is 13.1. The van der Waals surface area contributed by atoms with Crippen LogP contribution in [0.15, 0.2) is 66.7 Å². The number of rotatable bonds is 3. The second-order valence-corrected chi connectivity index (χ2v) is 7.86. The lowest BCUT2D eigenvalue weighted by atomic mass is 10.0. The van der Waals surface area contributed by atoms with Crippen molar-refractivity contribution in [2.24, 2.45) is 0 Å². The Bertz CT molecular complexity index is 1240. The van der Waals surface area contributed by atoms with Gasteiger partial charge in [0.15, 0.2) is 0 Å². The molecule has 29 heavy (non-hydrogen) atoms. The molecule has 0 aliphatic rings. The molecule has 1 N–H and O–H groups in total. The largest absolute Gasteiger partial charge is 0.321 e. The van der Waals surface area contributed by atoms with Crippen LogP contribution in [0.5, 0.6) is 0 Å². The summed E-state index contributed by atoms with van der Waals surface area (Å²) in [5, 5.41) is 4.53. The summed E-state index contributed by atoms with van der Waals surface area (Å²) in [5.41, 5.74) is 4.42. The number of nitrogens with one attached hydrogen (secondary N) is 1. The first-order chi connectivity index (χ1) is 13.9. The van der Waals surface area contributed by atoms with E-state index in [1.807, 2.05) is 55.5 Å². The van der Waals surface area contributed by atoms with Crippen LogP contribution >= 0.6 is 34.8 Å². The van der Waals surface area contributed by atoms with Crippen molar-refractivity contribution in [1.82, 2.24) is 4.98 Å². The standard InChI is InChI=1S/C23H15Cl3N2O/c1-13-6-8-14(9-7-13)21-10-16(15-4-2-3-5-20(15)27-21)23(29)28-22-12-18(25)17(24)11-19(22)26/h2-12H,1H3,(H,28,29). The second-order valence-electron chi connectivity index (χ2n) is 6.64. The van der Waals surface area contributed by atoms with Crippen LogP contribution in [-0.2, 0) is 0 Å². The summed E-state index contributed by atoms with van der Waals surface area (Å²) in [6.07, 6.45) is 0. The van der Waals surface area contributed by atoms with Gasteiger partial charge in [-0.1, -0.05) is 82.8 Å². The number of halogens is 3. The van der Waals surface area contributed by atoms with Gasteiger partial charge in [0.05, 0.1) is 37.5 Å². The third-order valence-electron chi connectivity index (χ3n) is 4.57. The molecule has 0 radical (unpaired) electrons. The van der Waals surface area contributed by atoms with E-state index >= 15 is 0 Å². The number of para-hydroxylation sites is 1. The van der Waals surface area contributed by atoms with Gasteiger partial charge in [-0.2, -0.15) is 0 Å². The molecule has 0 spiro atoms. The monoisotopic (exact) mass is 440 g/mol. The molecule has 4 aromatic rings. The minimum absolute atomic E-state index is 0.308. The number of nitrogens with zero attached hydrogens (tertiary/aromatic N) is 1. The molecule has 0 fully saturated rings. The van der Waals surface area contributed by atoms with Gasteiger partial charge in [0.25, 0.3) is 5.91 Å². The number of aromatic nitrogens is 1. The van der Waals surface area contributed by atoms with Gasteiger partial charge in [0.2, 0.25) is 0 Å². The van der Waals surface area contributed by atoms with Crippen molar-refractivity contribution in [3.8, 4) is 11.3 Å². The van der Waals surface area contributed by atoms with Crippen LogP contribution < -0.4 is 5.32 Å². The topological polar surface area (TPSA) is 42.0 Å². The highest BCUT2D eigenvalue weighted by Crippen LogP contribution is 2.33. The van der Waals surface area contributed by atoms with Crippen molar-refractivity contribution in [3.63, 3.8) is 0 Å². The average molecular weight is 442 g/mol. The molecule has 0 saturated carbocycles. The van der Waals surface area contributed by atoms with Gasteiger partial charge in [-0.25, -0.2) is 4.98 Å². The Balaban J connectivity index is 1.80. The minimum atomic E-state index is -0.308. The summed E-state index contributed by atoms with van der Waals surface area (Å²) in [6, 6.07) is 20.4. The summed E-state index contributed by atoms with van der Waals surface area (Å²) < 4.78 is 0. The van der Waals surface area contributed by atoms with E-state index in [4.69, 9.17) is 39.8 Å². The number of fused-ring (bicyclic) bond motifs is 1. The number of carbonyl (C=O) groups is 1. The first-order valence-corrected chi connectivity index (χ1v) is 9.98. The smallest absolute Gasteiger partial charge is 0.256 e. The van der Waals surface area contributed by atoms with Gasteiger partial charge in [-0.3, -0.25) is 4.79 Å². The quantitative estimate of drug-likeness (QED) is 0.336. The lowest BCUT2D eigenvalue weighted by Gasteiger charge is -2.12. The Morgan fingerprint density at radius 2 is 1.55 bits per heavy atom. The fraction of sp³-hybridized carbons (Fsp3) is 0.0435. The van der Waals surface area contributed by atoms with E-state index in [0.717, 1.165) is 22.0 Å². The molecular weight excluding hydrogens is 427 g/mol. The van der Waals surface area contributed by atoms with Crippen LogP contribution in [0.4, 0.5) is 5.69 Å². The van der Waals surface area contributed by atoms with Crippen LogP contribution in [0.25, 0.3) is 22.2 Å². The van der Waals surface area contributed by atoms with Crippen LogP contribution in [-0.4, -0.2) is 10.9 Å². The molecule has 3 aromatic carbocycles. The third kappa shape index (κ3) is 4.08. The van der Waals surface area contributed by atoms with Crippen molar-refractivity contribution in [3.05, 3.63) is 92.9 Å². The summed E-state index contributed by atoms with van der Waals surface area (Å²) in [4.78, 5) is 17.9. The predicted molar refractivity (Wildman–Crippen MR) is 121 cm³/mol. The first-order valence-electron chi connectivity index (χ1n) is 8.85. The number of pyridine rings is 1. The second kappa shape index (κ2) is 8.03. The summed E-state index contributed by atoms with van der Waals surface area (Å²) in [7, 11) is 0. The molecule has 1 heterocycles. The Morgan fingerprint density at radius 1 is 0.862 bits per heavy atom. The normalized spacial score (nSPS) is 10.9. The highest BCUT2D eigenvalue weighted by Gasteiger charge is 2.16. The van der Waals surface area contributed by atoms with E-state index in [-0.39, 0.29) is 5.91 Å². The van der Waals surface area contributed by atoms with E-state index in [1.165, 1.54) is 12.1 Å². The number of anilines is 1. The fourth-order valence-electron chi connectivity index (χ4n) is 3.04. The van der Waals surface area contributed by atoms with Gasteiger partial charge >= 0.3 is 0 Å². The van der Waals surface area contributed by atoms with E-state index in [1.54, 1.807) is 6.07 Å². The first kappa shape index (κ1) is 19.7. The predicted octanol–water partition coefficient (Wildman–Crippen LogP) is 7.42. The van der Waals surface area contributed by atoms with Gasteiger partial charge in [-0.05, 0) is 31.2 Å². The molecule has 0 saturated heterocycles. The van der Waals surface area contributed by atoms with Crippen molar-refractivity contribution in [2.75, 3.05) is 5.32 Å². The van der Waals surface area contributed by atoms with Crippen LogP contribution in [0.3, 0.4) is 0 Å². The summed E-state index contributed by atoms with van der Waals surface area (Å²) in [6.45, 7) is 2.03. The Kier molecular flexibility index (Phi) is 5.46. The molecular formula is C23H15Cl3N2O. The van der Waals surface area contributed by atoms with E-state index in [2.05, 4.69) is 5.32 Å². The molecule has 1 amide bonds. The maximum Gasteiger partial charge on any atom is 0.256 e. The highest BCUT2D eigenvalue weighted by atomic mass is 35.5.